The summed E-state index contributed by atoms with van der Waals surface area (Å²) in [4.78, 5) is 21.5. The van der Waals surface area contributed by atoms with Gasteiger partial charge >= 0.3 is 0 Å². The number of halogens is 2. The predicted octanol–water partition coefficient (Wildman–Crippen LogP) is 5.10. The highest BCUT2D eigenvalue weighted by Crippen LogP contribution is 2.25. The molecule has 2 aromatic carbocycles. The standard InChI is InChI=1S/C23H17Cl2N5O/c24-19-6-5-18(20(25)12-19)14-30-10-7-17-13-28-21(29-22(17)30)15-3-1-4-16(11-15)23(31)27-9-2-8-26/h1,3-7,10-13H,2,9,14H2,(H,27,31). The van der Waals surface area contributed by atoms with Crippen LogP contribution in [0.3, 0.4) is 0 Å². The molecule has 31 heavy (non-hydrogen) atoms. The van der Waals surface area contributed by atoms with Gasteiger partial charge in [0.1, 0.15) is 5.65 Å². The maximum atomic E-state index is 12.3. The van der Waals surface area contributed by atoms with E-state index in [1.165, 1.54) is 0 Å². The van der Waals surface area contributed by atoms with Gasteiger partial charge in [-0.2, -0.15) is 5.26 Å². The van der Waals surface area contributed by atoms with E-state index in [0.717, 1.165) is 22.2 Å². The van der Waals surface area contributed by atoms with Gasteiger partial charge < -0.3 is 9.88 Å². The van der Waals surface area contributed by atoms with E-state index in [4.69, 9.17) is 33.4 Å². The summed E-state index contributed by atoms with van der Waals surface area (Å²) in [6, 6.07) is 16.5. The molecule has 6 nitrogen and oxygen atoms in total. The number of rotatable bonds is 6. The summed E-state index contributed by atoms with van der Waals surface area (Å²) in [6.07, 6.45) is 3.96. The van der Waals surface area contributed by atoms with Crippen molar-refractivity contribution in [2.75, 3.05) is 6.54 Å². The lowest BCUT2D eigenvalue weighted by atomic mass is 10.1. The van der Waals surface area contributed by atoms with Crippen LogP contribution in [0.15, 0.2) is 60.9 Å². The number of aromatic nitrogens is 3. The van der Waals surface area contributed by atoms with Gasteiger partial charge in [0.2, 0.25) is 0 Å². The Balaban J connectivity index is 1.64. The summed E-state index contributed by atoms with van der Waals surface area (Å²) in [5, 5.41) is 13.4. The van der Waals surface area contributed by atoms with E-state index in [9.17, 15) is 4.79 Å². The van der Waals surface area contributed by atoms with Crippen LogP contribution >= 0.6 is 23.2 Å². The minimum absolute atomic E-state index is 0.237. The molecule has 0 aliphatic heterocycles. The molecular weight excluding hydrogens is 433 g/mol. The van der Waals surface area contributed by atoms with Crippen LogP contribution in [0.25, 0.3) is 22.4 Å². The summed E-state index contributed by atoms with van der Waals surface area (Å²) >= 11 is 12.3. The van der Waals surface area contributed by atoms with Gasteiger partial charge in [-0.1, -0.05) is 41.4 Å². The lowest BCUT2D eigenvalue weighted by molar-refractivity contribution is 0.0954. The topological polar surface area (TPSA) is 83.6 Å². The van der Waals surface area contributed by atoms with Crippen LogP contribution in [0.1, 0.15) is 22.3 Å². The van der Waals surface area contributed by atoms with E-state index >= 15 is 0 Å². The van der Waals surface area contributed by atoms with Crippen molar-refractivity contribution in [3.8, 4) is 17.5 Å². The van der Waals surface area contributed by atoms with E-state index in [1.54, 1.807) is 30.5 Å². The van der Waals surface area contributed by atoms with Crippen molar-refractivity contribution in [1.82, 2.24) is 19.9 Å². The number of hydrogen-bond acceptors (Lipinski definition) is 4. The molecule has 0 bridgehead atoms. The van der Waals surface area contributed by atoms with Crippen molar-refractivity contribution in [1.29, 1.82) is 5.26 Å². The fraction of sp³-hybridized carbons (Fsp3) is 0.130. The monoisotopic (exact) mass is 449 g/mol. The number of nitrogens with zero attached hydrogens (tertiary/aromatic N) is 4. The van der Waals surface area contributed by atoms with Crippen LogP contribution in [0.5, 0.6) is 0 Å². The zero-order valence-corrected chi connectivity index (χ0v) is 17.9. The third-order valence-corrected chi connectivity index (χ3v) is 5.35. The number of carbonyl (C=O) groups excluding carboxylic acids is 1. The summed E-state index contributed by atoms with van der Waals surface area (Å²) in [6.45, 7) is 0.847. The van der Waals surface area contributed by atoms with Gasteiger partial charge in [-0.3, -0.25) is 4.79 Å². The third-order valence-electron chi connectivity index (χ3n) is 4.76. The number of nitrogens with one attached hydrogen (secondary N) is 1. The first-order chi connectivity index (χ1) is 15.0. The van der Waals surface area contributed by atoms with Gasteiger partial charge in [0.25, 0.3) is 5.91 Å². The molecule has 8 heteroatoms. The minimum atomic E-state index is -0.237. The fourth-order valence-electron chi connectivity index (χ4n) is 3.20. The Labute approximate surface area is 189 Å². The Morgan fingerprint density at radius 3 is 2.84 bits per heavy atom. The Morgan fingerprint density at radius 2 is 2.03 bits per heavy atom. The quantitative estimate of drug-likeness (QED) is 0.415. The fourth-order valence-corrected chi connectivity index (χ4v) is 3.67. The van der Waals surface area contributed by atoms with Crippen LogP contribution in [0, 0.1) is 11.3 Å². The predicted molar refractivity (Wildman–Crippen MR) is 121 cm³/mol. The van der Waals surface area contributed by atoms with E-state index in [-0.39, 0.29) is 12.3 Å². The second-order valence-electron chi connectivity index (χ2n) is 6.90. The molecule has 0 unspecified atom stereocenters. The molecule has 2 heterocycles. The molecule has 0 aliphatic rings. The van der Waals surface area contributed by atoms with Crippen LogP contribution in [-0.2, 0) is 6.54 Å². The van der Waals surface area contributed by atoms with Gasteiger partial charge in [0.15, 0.2) is 5.82 Å². The molecule has 0 atom stereocenters. The molecule has 0 saturated heterocycles. The van der Waals surface area contributed by atoms with Gasteiger partial charge in [-0.15, -0.1) is 0 Å². The molecule has 0 spiro atoms. The molecule has 0 saturated carbocycles. The van der Waals surface area contributed by atoms with E-state index in [2.05, 4.69) is 10.3 Å². The van der Waals surface area contributed by atoms with Crippen molar-refractivity contribution >= 4 is 40.1 Å². The molecule has 4 rings (SSSR count). The molecule has 1 amide bonds. The molecule has 154 valence electrons. The molecule has 0 radical (unpaired) electrons. The Kier molecular flexibility index (Phi) is 6.17. The number of benzene rings is 2. The summed E-state index contributed by atoms with van der Waals surface area (Å²) in [5.41, 5.74) is 2.91. The first-order valence-corrected chi connectivity index (χ1v) is 10.3. The highest BCUT2D eigenvalue weighted by atomic mass is 35.5. The maximum Gasteiger partial charge on any atom is 0.251 e. The van der Waals surface area contributed by atoms with Crippen LogP contribution < -0.4 is 5.32 Å². The second-order valence-corrected chi connectivity index (χ2v) is 7.74. The molecule has 0 fully saturated rings. The molecule has 2 aromatic heterocycles. The molecule has 4 aromatic rings. The van der Waals surface area contributed by atoms with E-state index in [0.29, 0.717) is 34.5 Å². The van der Waals surface area contributed by atoms with E-state index < -0.39 is 0 Å². The lowest BCUT2D eigenvalue weighted by Crippen LogP contribution is -2.24. The molecule has 0 aliphatic carbocycles. The zero-order chi connectivity index (χ0) is 21.8. The van der Waals surface area contributed by atoms with Gasteiger partial charge in [0, 0.05) is 45.5 Å². The Bertz CT molecular complexity index is 1310. The van der Waals surface area contributed by atoms with Crippen molar-refractivity contribution < 1.29 is 4.79 Å². The van der Waals surface area contributed by atoms with Crippen molar-refractivity contribution in [3.05, 3.63) is 82.1 Å². The van der Waals surface area contributed by atoms with Crippen molar-refractivity contribution in [2.45, 2.75) is 13.0 Å². The first-order valence-electron chi connectivity index (χ1n) is 9.56. The largest absolute Gasteiger partial charge is 0.351 e. The zero-order valence-electron chi connectivity index (χ0n) is 16.3. The normalized spacial score (nSPS) is 10.7. The SMILES string of the molecule is N#CCCNC(=O)c1cccc(-c2ncc3ccn(Cc4ccc(Cl)cc4Cl)c3n2)c1. The average molecular weight is 450 g/mol. The van der Waals surface area contributed by atoms with Crippen molar-refractivity contribution in [3.63, 3.8) is 0 Å². The maximum absolute atomic E-state index is 12.3. The summed E-state index contributed by atoms with van der Waals surface area (Å²) in [7, 11) is 0. The number of hydrogen-bond donors (Lipinski definition) is 1. The number of fused-ring (bicyclic) bond motifs is 1. The van der Waals surface area contributed by atoms with Crippen LogP contribution in [0.2, 0.25) is 10.0 Å². The summed E-state index contributed by atoms with van der Waals surface area (Å²) in [5.74, 6) is 0.278. The Morgan fingerprint density at radius 1 is 1.16 bits per heavy atom. The van der Waals surface area contributed by atoms with Gasteiger partial charge in [-0.05, 0) is 35.9 Å². The number of nitriles is 1. The van der Waals surface area contributed by atoms with Gasteiger partial charge in [0.05, 0.1) is 19.0 Å². The highest BCUT2D eigenvalue weighted by molar-refractivity contribution is 6.35. The minimum Gasteiger partial charge on any atom is -0.351 e. The third kappa shape index (κ3) is 4.69. The first kappa shape index (κ1) is 20.9. The number of carbonyl (C=O) groups is 1. The lowest BCUT2D eigenvalue weighted by Gasteiger charge is -2.09. The smallest absolute Gasteiger partial charge is 0.251 e. The average Bonchev–Trinajstić information content (AvgIpc) is 3.18. The summed E-state index contributed by atoms with van der Waals surface area (Å²) < 4.78 is 1.99. The van der Waals surface area contributed by atoms with Crippen LogP contribution in [-0.4, -0.2) is 27.0 Å². The molecule has 1 N–H and O–H groups in total. The highest BCUT2D eigenvalue weighted by Gasteiger charge is 2.11. The van der Waals surface area contributed by atoms with Crippen molar-refractivity contribution in [2.24, 2.45) is 0 Å². The van der Waals surface area contributed by atoms with Crippen LogP contribution in [0.4, 0.5) is 0 Å². The molecular formula is C23H17Cl2N5O. The van der Waals surface area contributed by atoms with Gasteiger partial charge in [-0.25, -0.2) is 9.97 Å². The van der Waals surface area contributed by atoms with E-state index in [1.807, 2.05) is 41.1 Å². The Hall–Kier alpha value is -3.40. The number of amides is 1. The second kappa shape index (κ2) is 9.17.